The summed E-state index contributed by atoms with van der Waals surface area (Å²) in [6, 6.07) is 8.08. The lowest BCUT2D eigenvalue weighted by molar-refractivity contribution is -0.139. The van der Waals surface area contributed by atoms with Crippen molar-refractivity contribution in [2.45, 2.75) is 25.8 Å². The molecular weight excluding hydrogens is 256 g/mol. The lowest BCUT2D eigenvalue weighted by Crippen LogP contribution is -2.41. The number of carbonyl (C=O) groups is 2. The van der Waals surface area contributed by atoms with Crippen molar-refractivity contribution in [3.63, 3.8) is 0 Å². The first kappa shape index (κ1) is 14.4. The van der Waals surface area contributed by atoms with E-state index in [9.17, 15) is 9.59 Å². The highest BCUT2D eigenvalue weighted by molar-refractivity contribution is 5.81. The van der Waals surface area contributed by atoms with Crippen molar-refractivity contribution in [3.05, 3.63) is 35.4 Å². The lowest BCUT2D eigenvalue weighted by atomic mass is 10.0. The number of esters is 1. The fraction of sp³-hybridized carbons (Fsp3) is 0.467. The number of nitrogens with one attached hydrogen (secondary N) is 1. The number of likely N-dealkylation sites (tertiary alicyclic amines) is 1. The second-order valence-corrected chi connectivity index (χ2v) is 5.00. The van der Waals surface area contributed by atoms with Crippen LogP contribution in [-0.2, 0) is 9.53 Å². The summed E-state index contributed by atoms with van der Waals surface area (Å²) < 4.78 is 4.52. The van der Waals surface area contributed by atoms with E-state index in [0.717, 1.165) is 18.4 Å². The van der Waals surface area contributed by atoms with Gasteiger partial charge in [-0.15, -0.1) is 0 Å². The lowest BCUT2D eigenvalue weighted by Gasteiger charge is -2.25. The maximum atomic E-state index is 12.1. The van der Waals surface area contributed by atoms with Crippen molar-refractivity contribution in [2.75, 3.05) is 20.2 Å². The minimum Gasteiger partial charge on any atom is -0.468 e. The predicted molar refractivity (Wildman–Crippen MR) is 75.3 cm³/mol. The predicted octanol–water partition coefficient (Wildman–Crippen LogP) is 2.01. The summed E-state index contributed by atoms with van der Waals surface area (Å²) in [5.74, 6) is -0.440. The number of ether oxygens (including phenoxy) is 1. The average molecular weight is 276 g/mol. The van der Waals surface area contributed by atoms with E-state index >= 15 is 0 Å². The minimum absolute atomic E-state index is 0.0903. The third-order valence-electron chi connectivity index (χ3n) is 3.55. The van der Waals surface area contributed by atoms with Crippen LogP contribution in [0.25, 0.3) is 0 Å². The van der Waals surface area contributed by atoms with Gasteiger partial charge in [0.1, 0.15) is 6.54 Å². The number of nitrogens with zero attached hydrogens (tertiary/aromatic N) is 1. The normalized spacial score (nSPS) is 17.9. The van der Waals surface area contributed by atoms with E-state index in [-0.39, 0.29) is 18.6 Å². The fourth-order valence-corrected chi connectivity index (χ4v) is 2.56. The van der Waals surface area contributed by atoms with Crippen LogP contribution < -0.4 is 5.32 Å². The molecule has 1 heterocycles. The molecule has 0 radical (unpaired) electrons. The van der Waals surface area contributed by atoms with Crippen LogP contribution >= 0.6 is 0 Å². The Kier molecular flexibility index (Phi) is 4.61. The Bertz CT molecular complexity index is 502. The van der Waals surface area contributed by atoms with Crippen LogP contribution in [0.1, 0.15) is 30.0 Å². The van der Waals surface area contributed by atoms with Gasteiger partial charge in [0.05, 0.1) is 13.2 Å². The molecular formula is C15H20N2O3. The van der Waals surface area contributed by atoms with E-state index in [0.29, 0.717) is 6.54 Å². The standard InChI is InChI=1S/C15H20N2O3/c1-11-5-3-6-12(9-11)13-7-4-8-17(13)15(19)16-10-14(18)20-2/h3,5-6,9,13H,4,7-8,10H2,1-2H3,(H,16,19)/t13-/m1/s1. The SMILES string of the molecule is COC(=O)CNC(=O)N1CCC[C@@H]1c1cccc(C)c1. The number of methoxy groups -OCH3 is 1. The van der Waals surface area contributed by atoms with Crippen molar-refractivity contribution in [1.29, 1.82) is 0 Å². The monoisotopic (exact) mass is 276 g/mol. The van der Waals surface area contributed by atoms with E-state index in [2.05, 4.69) is 16.1 Å². The van der Waals surface area contributed by atoms with Crippen molar-refractivity contribution >= 4 is 12.0 Å². The second kappa shape index (κ2) is 6.41. The first-order valence-electron chi connectivity index (χ1n) is 6.79. The van der Waals surface area contributed by atoms with E-state index in [1.54, 1.807) is 4.90 Å². The van der Waals surface area contributed by atoms with E-state index in [4.69, 9.17) is 0 Å². The molecule has 0 bridgehead atoms. The second-order valence-electron chi connectivity index (χ2n) is 5.00. The van der Waals surface area contributed by atoms with Crippen LogP contribution in [0.2, 0.25) is 0 Å². The first-order chi connectivity index (χ1) is 9.61. The molecule has 1 aliphatic heterocycles. The molecule has 0 saturated carbocycles. The zero-order chi connectivity index (χ0) is 14.5. The molecule has 2 rings (SSSR count). The van der Waals surface area contributed by atoms with Gasteiger partial charge in [-0.05, 0) is 25.3 Å². The van der Waals surface area contributed by atoms with E-state index in [1.807, 2.05) is 25.1 Å². The van der Waals surface area contributed by atoms with Crippen molar-refractivity contribution in [1.82, 2.24) is 10.2 Å². The topological polar surface area (TPSA) is 58.6 Å². The van der Waals surface area contributed by atoms with Gasteiger partial charge in [-0.1, -0.05) is 29.8 Å². The molecule has 1 atom stereocenters. The molecule has 0 unspecified atom stereocenters. The fourth-order valence-electron chi connectivity index (χ4n) is 2.56. The molecule has 20 heavy (non-hydrogen) atoms. The van der Waals surface area contributed by atoms with Gasteiger partial charge >= 0.3 is 12.0 Å². The number of benzene rings is 1. The van der Waals surface area contributed by atoms with Crippen LogP contribution in [0.4, 0.5) is 4.79 Å². The zero-order valence-corrected chi connectivity index (χ0v) is 11.9. The maximum absolute atomic E-state index is 12.1. The largest absolute Gasteiger partial charge is 0.468 e. The number of urea groups is 1. The van der Waals surface area contributed by atoms with Crippen LogP contribution in [0.3, 0.4) is 0 Å². The maximum Gasteiger partial charge on any atom is 0.325 e. The molecule has 108 valence electrons. The zero-order valence-electron chi connectivity index (χ0n) is 11.9. The Labute approximate surface area is 118 Å². The summed E-state index contributed by atoms with van der Waals surface area (Å²) in [7, 11) is 1.31. The van der Waals surface area contributed by atoms with Gasteiger partial charge in [-0.2, -0.15) is 0 Å². The van der Waals surface area contributed by atoms with Crippen molar-refractivity contribution < 1.29 is 14.3 Å². The molecule has 1 fully saturated rings. The summed E-state index contributed by atoms with van der Waals surface area (Å²) in [5, 5.41) is 2.60. The molecule has 1 aliphatic rings. The third kappa shape index (κ3) is 3.29. The summed E-state index contributed by atoms with van der Waals surface area (Å²) in [5.41, 5.74) is 2.33. The molecule has 1 aromatic carbocycles. The number of hydrogen-bond donors (Lipinski definition) is 1. The van der Waals surface area contributed by atoms with Gasteiger partial charge in [0.25, 0.3) is 0 Å². The highest BCUT2D eigenvalue weighted by Crippen LogP contribution is 2.32. The molecule has 1 N–H and O–H groups in total. The summed E-state index contributed by atoms with van der Waals surface area (Å²) >= 11 is 0. The molecule has 0 spiro atoms. The average Bonchev–Trinajstić information content (AvgIpc) is 2.93. The third-order valence-corrected chi connectivity index (χ3v) is 3.55. The first-order valence-corrected chi connectivity index (χ1v) is 6.79. The quantitative estimate of drug-likeness (QED) is 0.859. The van der Waals surface area contributed by atoms with Crippen molar-refractivity contribution in [2.24, 2.45) is 0 Å². The molecule has 2 amide bonds. The van der Waals surface area contributed by atoms with Crippen molar-refractivity contribution in [3.8, 4) is 0 Å². The van der Waals surface area contributed by atoms with E-state index in [1.165, 1.54) is 12.7 Å². The highest BCUT2D eigenvalue weighted by atomic mass is 16.5. The van der Waals surface area contributed by atoms with Gasteiger partial charge in [0.2, 0.25) is 0 Å². The van der Waals surface area contributed by atoms with Gasteiger partial charge in [-0.25, -0.2) is 4.79 Å². The summed E-state index contributed by atoms with van der Waals surface area (Å²) in [6.07, 6.45) is 1.93. The van der Waals surface area contributed by atoms with Gasteiger partial charge in [0.15, 0.2) is 0 Å². The van der Waals surface area contributed by atoms with Crippen LogP contribution in [-0.4, -0.2) is 37.1 Å². The Hall–Kier alpha value is -2.04. The molecule has 5 heteroatoms. The number of aryl methyl sites for hydroxylation is 1. The Morgan fingerprint density at radius 2 is 2.25 bits per heavy atom. The highest BCUT2D eigenvalue weighted by Gasteiger charge is 2.30. The molecule has 0 aliphatic carbocycles. The Morgan fingerprint density at radius 1 is 1.45 bits per heavy atom. The van der Waals surface area contributed by atoms with Gasteiger partial charge in [-0.3, -0.25) is 4.79 Å². The molecule has 0 aromatic heterocycles. The summed E-state index contributed by atoms with van der Waals surface area (Å²) in [4.78, 5) is 25.0. The Balaban J connectivity index is 2.03. The molecule has 1 saturated heterocycles. The number of amides is 2. The smallest absolute Gasteiger partial charge is 0.325 e. The van der Waals surface area contributed by atoms with E-state index < -0.39 is 5.97 Å². The Morgan fingerprint density at radius 3 is 2.95 bits per heavy atom. The molecule has 1 aromatic rings. The number of rotatable bonds is 3. The number of carbonyl (C=O) groups excluding carboxylic acids is 2. The van der Waals surface area contributed by atoms with Gasteiger partial charge < -0.3 is 15.0 Å². The number of hydrogen-bond acceptors (Lipinski definition) is 3. The minimum atomic E-state index is -0.440. The van der Waals surface area contributed by atoms with Gasteiger partial charge in [0, 0.05) is 6.54 Å². The summed E-state index contributed by atoms with van der Waals surface area (Å²) in [6.45, 7) is 2.66. The van der Waals surface area contributed by atoms with Crippen LogP contribution in [0.5, 0.6) is 0 Å². The van der Waals surface area contributed by atoms with Crippen LogP contribution in [0.15, 0.2) is 24.3 Å². The van der Waals surface area contributed by atoms with Crippen LogP contribution in [0, 0.1) is 6.92 Å². The molecule has 5 nitrogen and oxygen atoms in total.